The Morgan fingerprint density at radius 2 is 1.68 bits per heavy atom. The SMILES string of the molecule is CCOC(=O)c1ccc(N2C(=O)C(=O)C(=C(O)c3ccc(OC)nc3)C2c2ccccc2)cc1. The van der Waals surface area contributed by atoms with Crippen LogP contribution in [0.15, 0.2) is 78.5 Å². The molecule has 8 heteroatoms. The fraction of sp³-hybridized carbons (Fsp3) is 0.154. The normalized spacial score (nSPS) is 17.0. The number of methoxy groups -OCH3 is 1. The van der Waals surface area contributed by atoms with Gasteiger partial charge in [0.2, 0.25) is 5.88 Å². The molecule has 0 aliphatic carbocycles. The lowest BCUT2D eigenvalue weighted by molar-refractivity contribution is -0.132. The summed E-state index contributed by atoms with van der Waals surface area (Å²) >= 11 is 0. The van der Waals surface area contributed by atoms with Crippen LogP contribution in [-0.2, 0) is 14.3 Å². The maximum absolute atomic E-state index is 13.2. The van der Waals surface area contributed by atoms with E-state index in [2.05, 4.69) is 4.98 Å². The van der Waals surface area contributed by atoms with Gasteiger partial charge in [-0.15, -0.1) is 0 Å². The van der Waals surface area contributed by atoms with Crippen molar-refractivity contribution in [3.8, 4) is 5.88 Å². The molecule has 1 atom stereocenters. The van der Waals surface area contributed by atoms with Gasteiger partial charge in [0.05, 0.1) is 30.9 Å². The summed E-state index contributed by atoms with van der Waals surface area (Å²) in [5.74, 6) is -2.09. The quantitative estimate of drug-likeness (QED) is 0.258. The topological polar surface area (TPSA) is 106 Å². The highest BCUT2D eigenvalue weighted by Crippen LogP contribution is 2.42. The van der Waals surface area contributed by atoms with Crippen molar-refractivity contribution in [2.75, 3.05) is 18.6 Å². The predicted octanol–water partition coefficient (Wildman–Crippen LogP) is 3.89. The van der Waals surface area contributed by atoms with Crippen molar-refractivity contribution in [2.45, 2.75) is 13.0 Å². The third-order valence-corrected chi connectivity index (χ3v) is 5.44. The second kappa shape index (κ2) is 9.58. The van der Waals surface area contributed by atoms with E-state index in [4.69, 9.17) is 9.47 Å². The van der Waals surface area contributed by atoms with Gasteiger partial charge < -0.3 is 14.6 Å². The van der Waals surface area contributed by atoms with Gasteiger partial charge in [-0.2, -0.15) is 0 Å². The van der Waals surface area contributed by atoms with Gasteiger partial charge in [-0.3, -0.25) is 14.5 Å². The number of anilines is 1. The van der Waals surface area contributed by atoms with Crippen molar-refractivity contribution in [3.63, 3.8) is 0 Å². The Morgan fingerprint density at radius 1 is 1.00 bits per heavy atom. The summed E-state index contributed by atoms with van der Waals surface area (Å²) in [5, 5.41) is 11.1. The van der Waals surface area contributed by atoms with E-state index in [0.717, 1.165) is 0 Å². The molecule has 172 valence electrons. The van der Waals surface area contributed by atoms with Crippen LogP contribution in [0.25, 0.3) is 5.76 Å². The second-order valence-electron chi connectivity index (χ2n) is 7.44. The smallest absolute Gasteiger partial charge is 0.338 e. The first-order valence-corrected chi connectivity index (χ1v) is 10.6. The maximum Gasteiger partial charge on any atom is 0.338 e. The molecule has 1 unspecified atom stereocenters. The summed E-state index contributed by atoms with van der Waals surface area (Å²) in [6.07, 6.45) is 1.37. The molecule has 34 heavy (non-hydrogen) atoms. The number of amides is 1. The van der Waals surface area contributed by atoms with Crippen molar-refractivity contribution in [1.29, 1.82) is 0 Å². The van der Waals surface area contributed by atoms with E-state index in [0.29, 0.717) is 22.7 Å². The molecular formula is C26H22N2O6. The number of Topliss-reactive ketones (excluding diaryl/α,β-unsaturated/α-hetero) is 1. The highest BCUT2D eigenvalue weighted by molar-refractivity contribution is 6.51. The number of nitrogens with zero attached hydrogens (tertiary/aromatic N) is 2. The zero-order valence-electron chi connectivity index (χ0n) is 18.6. The number of hydrogen-bond acceptors (Lipinski definition) is 7. The number of carbonyl (C=O) groups excluding carboxylic acids is 3. The van der Waals surface area contributed by atoms with Gasteiger partial charge in [0.15, 0.2) is 0 Å². The molecule has 1 aliphatic heterocycles. The van der Waals surface area contributed by atoms with Crippen LogP contribution in [0.4, 0.5) is 5.69 Å². The van der Waals surface area contributed by atoms with Gasteiger partial charge in [-0.1, -0.05) is 30.3 Å². The Labute approximate surface area is 196 Å². The minimum atomic E-state index is -0.878. The summed E-state index contributed by atoms with van der Waals surface area (Å²) < 4.78 is 10.1. The number of aromatic nitrogens is 1. The van der Waals surface area contributed by atoms with E-state index in [-0.39, 0.29) is 23.5 Å². The van der Waals surface area contributed by atoms with E-state index < -0.39 is 23.7 Å². The van der Waals surface area contributed by atoms with Crippen LogP contribution in [0, 0.1) is 0 Å². The molecule has 2 aromatic carbocycles. The summed E-state index contributed by atoms with van der Waals surface area (Å²) in [5.41, 5.74) is 1.58. The first-order valence-electron chi connectivity index (χ1n) is 10.6. The number of hydrogen-bond donors (Lipinski definition) is 1. The Bertz CT molecular complexity index is 1250. The van der Waals surface area contributed by atoms with Crippen LogP contribution in [-0.4, -0.2) is 41.5 Å². The molecule has 0 bridgehead atoms. The highest BCUT2D eigenvalue weighted by Gasteiger charge is 2.47. The first-order chi connectivity index (χ1) is 16.5. The number of rotatable bonds is 6. The lowest BCUT2D eigenvalue weighted by Gasteiger charge is -2.25. The molecule has 0 saturated carbocycles. The van der Waals surface area contributed by atoms with Crippen molar-refractivity contribution < 1.29 is 29.0 Å². The van der Waals surface area contributed by atoms with Crippen LogP contribution >= 0.6 is 0 Å². The predicted molar refractivity (Wildman–Crippen MR) is 124 cm³/mol. The Kier molecular flexibility index (Phi) is 6.40. The number of aliphatic hydroxyl groups excluding tert-OH is 1. The van der Waals surface area contributed by atoms with Crippen LogP contribution in [0.1, 0.15) is 34.5 Å². The average Bonchev–Trinajstić information content (AvgIpc) is 3.14. The molecule has 1 aliphatic rings. The minimum Gasteiger partial charge on any atom is -0.507 e. The molecule has 1 aromatic heterocycles. The van der Waals surface area contributed by atoms with E-state index in [1.165, 1.54) is 30.3 Å². The minimum absolute atomic E-state index is 0.0577. The number of ketones is 1. The number of benzene rings is 2. The van der Waals surface area contributed by atoms with Crippen molar-refractivity contribution >= 4 is 29.1 Å². The van der Waals surface area contributed by atoms with Crippen molar-refractivity contribution in [3.05, 3.63) is 95.2 Å². The number of aliphatic hydroxyl groups is 1. The zero-order valence-corrected chi connectivity index (χ0v) is 18.6. The third kappa shape index (κ3) is 4.13. The molecule has 0 radical (unpaired) electrons. The fourth-order valence-electron chi connectivity index (χ4n) is 3.82. The van der Waals surface area contributed by atoms with Crippen molar-refractivity contribution in [1.82, 2.24) is 4.98 Å². The van der Waals surface area contributed by atoms with E-state index in [1.54, 1.807) is 55.5 Å². The summed E-state index contributed by atoms with van der Waals surface area (Å²) in [6, 6.07) is 17.4. The second-order valence-corrected chi connectivity index (χ2v) is 7.44. The van der Waals surface area contributed by atoms with Crippen LogP contribution in [0.3, 0.4) is 0 Å². The van der Waals surface area contributed by atoms with Crippen LogP contribution < -0.4 is 9.64 Å². The lowest BCUT2D eigenvalue weighted by atomic mass is 9.95. The first kappa shape index (κ1) is 22.7. The van der Waals surface area contributed by atoms with Crippen molar-refractivity contribution in [2.24, 2.45) is 0 Å². The Morgan fingerprint density at radius 3 is 2.26 bits per heavy atom. The molecule has 0 spiro atoms. The summed E-state index contributed by atoms with van der Waals surface area (Å²) in [7, 11) is 1.47. The van der Waals surface area contributed by atoms with Crippen LogP contribution in [0.5, 0.6) is 5.88 Å². The molecule has 8 nitrogen and oxygen atoms in total. The largest absolute Gasteiger partial charge is 0.507 e. The molecule has 4 rings (SSSR count). The van der Waals surface area contributed by atoms with E-state index >= 15 is 0 Å². The van der Waals surface area contributed by atoms with E-state index in [9.17, 15) is 19.5 Å². The fourth-order valence-corrected chi connectivity index (χ4v) is 3.82. The van der Waals surface area contributed by atoms with E-state index in [1.807, 2.05) is 6.07 Å². The number of pyridine rings is 1. The van der Waals surface area contributed by atoms with Gasteiger partial charge in [0.25, 0.3) is 11.7 Å². The lowest BCUT2D eigenvalue weighted by Crippen LogP contribution is -2.29. The maximum atomic E-state index is 13.2. The third-order valence-electron chi connectivity index (χ3n) is 5.44. The Balaban J connectivity index is 1.83. The number of carbonyl (C=O) groups is 3. The van der Waals surface area contributed by atoms with Gasteiger partial charge in [0, 0.05) is 23.5 Å². The summed E-state index contributed by atoms with van der Waals surface area (Å²) in [4.78, 5) is 43.7. The molecule has 1 fully saturated rings. The monoisotopic (exact) mass is 458 g/mol. The van der Waals surface area contributed by atoms with Gasteiger partial charge in [0.1, 0.15) is 5.76 Å². The molecule has 3 aromatic rings. The summed E-state index contributed by atoms with van der Waals surface area (Å²) in [6.45, 7) is 1.95. The number of ether oxygens (including phenoxy) is 2. The molecule has 1 N–H and O–H groups in total. The molecular weight excluding hydrogens is 436 g/mol. The highest BCUT2D eigenvalue weighted by atomic mass is 16.5. The van der Waals surface area contributed by atoms with Crippen LogP contribution in [0.2, 0.25) is 0 Å². The van der Waals surface area contributed by atoms with Gasteiger partial charge in [-0.25, -0.2) is 9.78 Å². The molecule has 1 amide bonds. The number of esters is 1. The molecule has 2 heterocycles. The Hall–Kier alpha value is -4.46. The standard InChI is InChI=1S/C26H22N2O6/c1-3-34-26(32)17-9-12-19(13-10-17)28-22(16-7-5-4-6-8-16)21(24(30)25(28)31)23(29)18-11-14-20(33-2)27-15-18/h4-15,22,29H,3H2,1-2H3. The zero-order chi connectivity index (χ0) is 24.2. The van der Waals surface area contributed by atoms with Gasteiger partial charge in [-0.05, 0) is 42.8 Å². The molecule has 1 saturated heterocycles. The average molecular weight is 458 g/mol. The van der Waals surface area contributed by atoms with Gasteiger partial charge >= 0.3 is 5.97 Å².